The van der Waals surface area contributed by atoms with E-state index in [-0.39, 0.29) is 24.0 Å². The molecule has 0 fully saturated rings. The first kappa shape index (κ1) is 20.3. The maximum absolute atomic E-state index is 12.9. The first-order valence-electron chi connectivity index (χ1n) is 8.57. The fourth-order valence-electron chi connectivity index (χ4n) is 2.89. The summed E-state index contributed by atoms with van der Waals surface area (Å²) in [5, 5.41) is 13.1. The molecule has 8 nitrogen and oxygen atoms in total. The number of imidazole rings is 1. The van der Waals surface area contributed by atoms with E-state index in [2.05, 4.69) is 9.97 Å². The summed E-state index contributed by atoms with van der Waals surface area (Å²) in [6, 6.07) is 9.86. The molecule has 0 N–H and O–H groups in total. The summed E-state index contributed by atoms with van der Waals surface area (Å²) in [7, 11) is 0. The van der Waals surface area contributed by atoms with Crippen LogP contribution < -0.4 is 9.51 Å². The number of carbonyl (C=O) groups excluding carboxylic acids is 2. The van der Waals surface area contributed by atoms with E-state index in [1.54, 1.807) is 42.6 Å². The fourth-order valence-corrected chi connectivity index (χ4v) is 4.04. The summed E-state index contributed by atoms with van der Waals surface area (Å²) in [5.74, 6) is -2.84. The van der Waals surface area contributed by atoms with Gasteiger partial charge in [-0.1, -0.05) is 35.3 Å². The van der Waals surface area contributed by atoms with E-state index in [4.69, 9.17) is 27.9 Å². The van der Waals surface area contributed by atoms with E-state index in [1.807, 2.05) is 0 Å². The van der Waals surface area contributed by atoms with Crippen molar-refractivity contribution in [3.63, 3.8) is 0 Å². The van der Waals surface area contributed by atoms with E-state index in [1.165, 1.54) is 26.5 Å². The third kappa shape index (κ3) is 4.00. The van der Waals surface area contributed by atoms with Gasteiger partial charge in [0.25, 0.3) is 5.65 Å². The lowest BCUT2D eigenvalue weighted by atomic mass is 10.3. The van der Waals surface area contributed by atoms with Crippen LogP contribution in [0.15, 0.2) is 48.8 Å². The van der Waals surface area contributed by atoms with Crippen LogP contribution in [-0.4, -0.2) is 26.3 Å². The number of thiazole rings is 1. The van der Waals surface area contributed by atoms with Crippen LogP contribution in [-0.2, 0) is 22.7 Å². The molecule has 4 aromatic heterocycles. The molecule has 0 aliphatic rings. The van der Waals surface area contributed by atoms with E-state index in [0.717, 1.165) is 0 Å². The molecular formula is C19H12Cl2N4O4S. The van der Waals surface area contributed by atoms with Gasteiger partial charge in [-0.25, -0.2) is 23.7 Å². The van der Waals surface area contributed by atoms with Crippen LogP contribution in [0.1, 0.15) is 21.1 Å². The number of aromatic nitrogens is 4. The molecule has 4 aromatic rings. The zero-order valence-electron chi connectivity index (χ0n) is 15.1. The molecule has 30 heavy (non-hydrogen) atoms. The monoisotopic (exact) mass is 462 g/mol. The molecular weight excluding hydrogens is 451 g/mol. The molecule has 11 heteroatoms. The Kier molecular flexibility index (Phi) is 5.67. The number of hydrogen-bond donors (Lipinski definition) is 0. The maximum atomic E-state index is 12.9. The lowest BCUT2D eigenvalue weighted by Gasteiger charge is -2.06. The number of Topliss-reactive ketones (excluding diaryl/α,β-unsaturated/α-hetero) is 1. The number of carbonyl (C=O) groups is 2. The summed E-state index contributed by atoms with van der Waals surface area (Å²) in [5.41, 5.74) is 0.509. The molecule has 0 bridgehead atoms. The SMILES string of the molecule is O=C(OCc1cccc(Cl)n1)C(=O)c1c([O-])[n+]2ccccc2n1Cc1cnc(Cl)s1. The number of fused-ring (bicyclic) bond motifs is 1. The summed E-state index contributed by atoms with van der Waals surface area (Å²) in [6.07, 6.45) is 3.07. The normalized spacial score (nSPS) is 11.0. The van der Waals surface area contributed by atoms with Crippen molar-refractivity contribution in [1.29, 1.82) is 0 Å². The largest absolute Gasteiger partial charge is 0.839 e. The summed E-state index contributed by atoms with van der Waals surface area (Å²) in [6.45, 7) is -0.110. The second-order valence-corrected chi connectivity index (χ2v) is 8.19. The number of hydrogen-bond acceptors (Lipinski definition) is 7. The second-order valence-electron chi connectivity index (χ2n) is 6.11. The summed E-state index contributed by atoms with van der Waals surface area (Å²) in [4.78, 5) is 33.9. The Morgan fingerprint density at radius 2 is 2.03 bits per heavy atom. The number of pyridine rings is 2. The van der Waals surface area contributed by atoms with Crippen molar-refractivity contribution in [3.8, 4) is 5.88 Å². The van der Waals surface area contributed by atoms with Crippen molar-refractivity contribution >= 4 is 51.9 Å². The summed E-state index contributed by atoms with van der Waals surface area (Å²) < 4.78 is 8.13. The lowest BCUT2D eigenvalue weighted by Crippen LogP contribution is -2.26. The molecule has 4 heterocycles. The third-order valence-electron chi connectivity index (χ3n) is 4.17. The van der Waals surface area contributed by atoms with Crippen molar-refractivity contribution in [2.45, 2.75) is 13.2 Å². The molecule has 0 saturated carbocycles. The van der Waals surface area contributed by atoms with Crippen LogP contribution in [0.2, 0.25) is 9.62 Å². The highest BCUT2D eigenvalue weighted by Crippen LogP contribution is 2.23. The Morgan fingerprint density at radius 1 is 1.20 bits per heavy atom. The van der Waals surface area contributed by atoms with E-state index in [9.17, 15) is 14.7 Å². The van der Waals surface area contributed by atoms with Crippen molar-refractivity contribution < 1.29 is 23.8 Å². The van der Waals surface area contributed by atoms with Crippen LogP contribution in [0, 0.1) is 0 Å². The van der Waals surface area contributed by atoms with Crippen LogP contribution in [0.25, 0.3) is 5.65 Å². The lowest BCUT2D eigenvalue weighted by molar-refractivity contribution is -0.582. The number of ketones is 1. The number of nitrogens with zero attached hydrogens (tertiary/aromatic N) is 4. The Labute approximate surface area is 183 Å². The Morgan fingerprint density at radius 3 is 2.77 bits per heavy atom. The Balaban J connectivity index is 1.66. The van der Waals surface area contributed by atoms with Crippen LogP contribution in [0.4, 0.5) is 0 Å². The van der Waals surface area contributed by atoms with Gasteiger partial charge >= 0.3 is 11.8 Å². The smallest absolute Gasteiger partial charge is 0.384 e. The molecule has 0 atom stereocenters. The molecule has 0 aromatic carbocycles. The number of esters is 1. The third-order valence-corrected chi connectivity index (χ3v) is 5.48. The van der Waals surface area contributed by atoms with E-state index in [0.29, 0.717) is 20.7 Å². The molecule has 0 amide bonds. The van der Waals surface area contributed by atoms with Gasteiger partial charge in [0.1, 0.15) is 24.2 Å². The molecule has 152 valence electrons. The van der Waals surface area contributed by atoms with Gasteiger partial charge in [0.2, 0.25) is 5.69 Å². The Bertz CT molecular complexity index is 1270. The van der Waals surface area contributed by atoms with Crippen molar-refractivity contribution in [2.75, 3.05) is 0 Å². The van der Waals surface area contributed by atoms with Gasteiger partial charge < -0.3 is 9.84 Å². The zero-order chi connectivity index (χ0) is 21.3. The minimum absolute atomic E-state index is 0.143. The van der Waals surface area contributed by atoms with Gasteiger partial charge in [-0.05, 0) is 18.2 Å². The predicted molar refractivity (Wildman–Crippen MR) is 107 cm³/mol. The first-order chi connectivity index (χ1) is 14.4. The number of halogens is 2. The van der Waals surface area contributed by atoms with Crippen molar-refractivity contribution in [2.24, 2.45) is 0 Å². The van der Waals surface area contributed by atoms with Gasteiger partial charge in [-0.3, -0.25) is 4.79 Å². The molecule has 0 unspecified atom stereocenters. The summed E-state index contributed by atoms with van der Waals surface area (Å²) >= 11 is 12.9. The minimum Gasteiger partial charge on any atom is -0.839 e. The minimum atomic E-state index is -1.17. The highest BCUT2D eigenvalue weighted by molar-refractivity contribution is 7.15. The van der Waals surface area contributed by atoms with Gasteiger partial charge in [-0.15, -0.1) is 11.3 Å². The highest BCUT2D eigenvalue weighted by Gasteiger charge is 2.32. The second kappa shape index (κ2) is 8.39. The predicted octanol–water partition coefficient (Wildman–Crippen LogP) is 2.43. The van der Waals surface area contributed by atoms with Gasteiger partial charge in [0.05, 0.1) is 16.8 Å². The van der Waals surface area contributed by atoms with Crippen LogP contribution in [0.5, 0.6) is 5.88 Å². The molecule has 0 radical (unpaired) electrons. The fraction of sp³-hybridized carbons (Fsp3) is 0.105. The van der Waals surface area contributed by atoms with Gasteiger partial charge in [0, 0.05) is 12.3 Å². The molecule has 0 saturated heterocycles. The van der Waals surface area contributed by atoms with Crippen molar-refractivity contribution in [1.82, 2.24) is 14.5 Å². The molecule has 4 rings (SSSR count). The maximum Gasteiger partial charge on any atom is 0.384 e. The average Bonchev–Trinajstić information content (AvgIpc) is 3.27. The van der Waals surface area contributed by atoms with E-state index >= 15 is 0 Å². The van der Waals surface area contributed by atoms with Gasteiger partial charge in [0.15, 0.2) is 4.47 Å². The first-order valence-corrected chi connectivity index (χ1v) is 10.1. The Hall–Kier alpha value is -3.01. The highest BCUT2D eigenvalue weighted by atomic mass is 35.5. The molecule has 0 aliphatic heterocycles. The quantitative estimate of drug-likeness (QED) is 0.143. The van der Waals surface area contributed by atoms with E-state index < -0.39 is 17.6 Å². The molecule has 0 spiro atoms. The number of ether oxygens (including phenoxy) is 1. The van der Waals surface area contributed by atoms with Gasteiger partial charge in [-0.2, -0.15) is 0 Å². The zero-order valence-corrected chi connectivity index (χ0v) is 17.4. The molecule has 0 aliphatic carbocycles. The topological polar surface area (TPSA) is 101 Å². The van der Waals surface area contributed by atoms with Crippen LogP contribution in [0.3, 0.4) is 0 Å². The standard InChI is InChI=1S/C19H12Cl2N4O4S/c20-13-5-3-4-11(23-13)10-29-18(28)16(26)15-17(27)24-7-2-1-6-14(24)25(15)9-12-8-22-19(21)30-12/h1-8H,9-10H2. The number of rotatable bonds is 6. The van der Waals surface area contributed by atoms with Crippen molar-refractivity contribution in [3.05, 3.63) is 74.7 Å². The average molecular weight is 463 g/mol. The van der Waals surface area contributed by atoms with Crippen LogP contribution >= 0.6 is 34.5 Å².